The van der Waals surface area contributed by atoms with Gasteiger partial charge in [-0.05, 0) is 92.0 Å². The molecule has 0 atom stereocenters. The van der Waals surface area contributed by atoms with Crippen molar-refractivity contribution in [2.45, 2.75) is 0 Å². The highest BCUT2D eigenvalue weighted by atomic mass is 16.3. The van der Waals surface area contributed by atoms with Crippen molar-refractivity contribution in [3.63, 3.8) is 0 Å². The quantitative estimate of drug-likeness (QED) is 0.144. The van der Waals surface area contributed by atoms with E-state index in [1.807, 2.05) is 42.5 Å². The van der Waals surface area contributed by atoms with Crippen LogP contribution in [0.2, 0.25) is 0 Å². The van der Waals surface area contributed by atoms with Gasteiger partial charge in [0.1, 0.15) is 11.2 Å². The molecule has 0 amide bonds. The molecule has 10 aromatic rings. The van der Waals surface area contributed by atoms with Crippen molar-refractivity contribution in [1.29, 1.82) is 0 Å². The lowest BCUT2D eigenvalue weighted by Crippen LogP contribution is -2.09. The molecule has 2 nitrogen and oxygen atoms in total. The standard InChI is InChI=1S/C44H27NO/c1-3-10-28(11-4-1)29-22-24-34(25-23-29)45(33-14-5-2-6-15-33)35-16-7-13-31(26-35)38-27-32-21-20-30-12-8-17-36-37-18-9-19-39-42(37)43(44(38)46-39)41(32)40(30)36/h1-27H/i1D,2D,3D,4D,5D,6D,7D,10D,11D,13D,14D,15D,16D,22D,23D,24D,25D,26D. The van der Waals surface area contributed by atoms with Gasteiger partial charge in [-0.25, -0.2) is 0 Å². The summed E-state index contributed by atoms with van der Waals surface area (Å²) >= 11 is 0. The average Bonchev–Trinajstić information content (AvgIpc) is 3.68. The van der Waals surface area contributed by atoms with Gasteiger partial charge in [-0.2, -0.15) is 0 Å². The maximum absolute atomic E-state index is 9.90. The molecule has 0 saturated heterocycles. The third-order valence-corrected chi connectivity index (χ3v) is 8.28. The van der Waals surface area contributed by atoms with Crippen LogP contribution in [0, 0.1) is 0 Å². The predicted molar refractivity (Wildman–Crippen MR) is 194 cm³/mol. The van der Waals surface area contributed by atoms with Crippen LogP contribution in [0.1, 0.15) is 24.7 Å². The zero-order valence-electron chi connectivity index (χ0n) is 41.6. The predicted octanol–water partition coefficient (Wildman–Crippen LogP) is 12.7. The molecule has 0 aliphatic heterocycles. The number of hydrogen-bond donors (Lipinski definition) is 0. The molecule has 0 radical (unpaired) electrons. The minimum absolute atomic E-state index is 0.130. The molecule has 10 rings (SSSR count). The van der Waals surface area contributed by atoms with Crippen molar-refractivity contribution in [2.24, 2.45) is 0 Å². The lowest BCUT2D eigenvalue weighted by atomic mass is 9.87. The van der Waals surface area contributed by atoms with Gasteiger partial charge in [0.05, 0.1) is 24.7 Å². The van der Waals surface area contributed by atoms with Crippen molar-refractivity contribution in [1.82, 2.24) is 0 Å². The molecule has 46 heavy (non-hydrogen) atoms. The van der Waals surface area contributed by atoms with Gasteiger partial charge in [-0.15, -0.1) is 0 Å². The summed E-state index contributed by atoms with van der Waals surface area (Å²) in [6.45, 7) is 0. The second-order valence-corrected chi connectivity index (χ2v) is 10.7. The second kappa shape index (κ2) is 9.69. The largest absolute Gasteiger partial charge is 0.455 e. The Labute approximate surface area is 291 Å². The maximum atomic E-state index is 9.90. The minimum Gasteiger partial charge on any atom is -0.455 e. The van der Waals surface area contributed by atoms with Crippen LogP contribution in [0.15, 0.2) is 168 Å². The van der Waals surface area contributed by atoms with E-state index >= 15 is 0 Å². The van der Waals surface area contributed by atoms with Gasteiger partial charge in [-0.1, -0.05) is 115 Å². The van der Waals surface area contributed by atoms with Crippen LogP contribution in [-0.2, 0) is 0 Å². The maximum Gasteiger partial charge on any atom is 0.143 e. The first-order valence-electron chi connectivity index (χ1n) is 23.3. The first-order valence-corrected chi connectivity index (χ1v) is 14.3. The molecule has 0 N–H and O–H groups in total. The molecule has 0 aliphatic rings. The Morgan fingerprint density at radius 3 is 1.96 bits per heavy atom. The van der Waals surface area contributed by atoms with Crippen LogP contribution in [0.3, 0.4) is 0 Å². The summed E-state index contributed by atoms with van der Waals surface area (Å²) in [5.74, 6) is 0. The normalized spacial score (nSPS) is 17.4. The molecular formula is C44H27NO. The van der Waals surface area contributed by atoms with E-state index in [2.05, 4.69) is 0 Å². The summed E-state index contributed by atoms with van der Waals surface area (Å²) < 4.78 is 166. The molecular weight excluding hydrogens is 558 g/mol. The monoisotopic (exact) mass is 603 g/mol. The highest BCUT2D eigenvalue weighted by Gasteiger charge is 2.23. The fraction of sp³-hybridized carbons (Fsp3) is 0. The van der Waals surface area contributed by atoms with Crippen LogP contribution in [-0.4, -0.2) is 0 Å². The lowest BCUT2D eigenvalue weighted by molar-refractivity contribution is 0.670. The Bertz CT molecular complexity index is 3640. The van der Waals surface area contributed by atoms with Gasteiger partial charge < -0.3 is 9.32 Å². The second-order valence-electron chi connectivity index (χ2n) is 10.7. The first kappa shape index (κ1) is 13.5. The van der Waals surface area contributed by atoms with Crippen LogP contribution >= 0.6 is 0 Å². The van der Waals surface area contributed by atoms with Gasteiger partial charge in [0.2, 0.25) is 0 Å². The molecule has 1 aromatic heterocycles. The van der Waals surface area contributed by atoms with E-state index < -0.39 is 137 Å². The van der Waals surface area contributed by atoms with E-state index in [1.54, 1.807) is 12.1 Å². The molecule has 9 aromatic carbocycles. The average molecular weight is 604 g/mol. The van der Waals surface area contributed by atoms with Crippen molar-refractivity contribution in [3.05, 3.63) is 163 Å². The number of hydrogen-bond acceptors (Lipinski definition) is 2. The molecule has 0 aliphatic carbocycles. The number of benzene rings is 9. The van der Waals surface area contributed by atoms with Crippen molar-refractivity contribution in [3.8, 4) is 22.3 Å². The Balaban J connectivity index is 1.35. The molecule has 0 unspecified atom stereocenters. The molecule has 2 heteroatoms. The molecule has 1 heterocycles. The highest BCUT2D eigenvalue weighted by Crippen LogP contribution is 2.49. The smallest absolute Gasteiger partial charge is 0.143 e. The Morgan fingerprint density at radius 2 is 1.13 bits per heavy atom. The summed E-state index contributed by atoms with van der Waals surface area (Å²) in [4.78, 5) is 0.621. The van der Waals surface area contributed by atoms with Crippen molar-refractivity contribution in [2.75, 3.05) is 4.90 Å². The third kappa shape index (κ3) is 3.65. The van der Waals surface area contributed by atoms with Gasteiger partial charge in [0, 0.05) is 38.8 Å². The number of furan rings is 1. The zero-order chi connectivity index (χ0) is 45.9. The number of rotatable bonds is 5. The Kier molecular flexibility index (Phi) is 2.84. The number of para-hydroxylation sites is 1. The molecule has 0 bridgehead atoms. The molecule has 0 fully saturated rings. The van der Waals surface area contributed by atoms with Crippen molar-refractivity contribution >= 4 is 71.3 Å². The number of nitrogens with zero attached hydrogens (tertiary/aromatic N) is 1. The fourth-order valence-corrected chi connectivity index (χ4v) is 6.41. The van der Waals surface area contributed by atoms with Gasteiger partial charge in [0.15, 0.2) is 0 Å². The summed E-state index contributed by atoms with van der Waals surface area (Å²) in [5, 5.41) is 6.69. The third-order valence-electron chi connectivity index (χ3n) is 8.28. The molecule has 0 saturated carbocycles. The van der Waals surface area contributed by atoms with E-state index in [0.717, 1.165) is 32.3 Å². The Hall–Kier alpha value is -6.12. The molecule has 0 spiro atoms. The minimum atomic E-state index is -1.01. The van der Waals surface area contributed by atoms with E-state index in [4.69, 9.17) is 20.9 Å². The van der Waals surface area contributed by atoms with E-state index in [0.29, 0.717) is 21.3 Å². The highest BCUT2D eigenvalue weighted by molar-refractivity contribution is 6.40. The van der Waals surface area contributed by atoms with Crippen LogP contribution in [0.5, 0.6) is 0 Å². The Morgan fingerprint density at radius 1 is 0.478 bits per heavy atom. The summed E-state index contributed by atoms with van der Waals surface area (Å²) in [6.07, 6.45) is 0. The van der Waals surface area contributed by atoms with E-state index in [1.165, 1.54) is 0 Å². The van der Waals surface area contributed by atoms with Crippen LogP contribution in [0.4, 0.5) is 17.1 Å². The fourth-order valence-electron chi connectivity index (χ4n) is 6.41. The van der Waals surface area contributed by atoms with Gasteiger partial charge in [-0.3, -0.25) is 0 Å². The SMILES string of the molecule is [2H]c1c([2H])c([2H])c(-c2c([2H])c([2H])c(N(c3c([2H])c([2H])c([2H])c([2H])c3[2H])c3c([2H])c([2H])c([2H])c(-c4cc5ccc6cccc7c8cccc9oc4c(c98)c5c67)c3[2H])c([2H])c2[2H])c([2H])c1[2H]. The number of anilines is 3. The molecule has 214 valence electrons. The topological polar surface area (TPSA) is 16.4 Å². The summed E-state index contributed by atoms with van der Waals surface area (Å²) in [6, 6.07) is 1.38. The summed E-state index contributed by atoms with van der Waals surface area (Å²) in [7, 11) is 0. The lowest BCUT2D eigenvalue weighted by Gasteiger charge is -2.26. The zero-order valence-corrected chi connectivity index (χ0v) is 23.6. The summed E-state index contributed by atoms with van der Waals surface area (Å²) in [5.41, 5.74) is -3.25. The number of fused-ring (bicyclic) bond motifs is 1. The van der Waals surface area contributed by atoms with E-state index in [-0.39, 0.29) is 16.7 Å². The van der Waals surface area contributed by atoms with Crippen molar-refractivity contribution < 1.29 is 29.1 Å². The van der Waals surface area contributed by atoms with Gasteiger partial charge in [0.25, 0.3) is 0 Å². The van der Waals surface area contributed by atoms with Crippen LogP contribution < -0.4 is 4.90 Å². The van der Waals surface area contributed by atoms with Crippen LogP contribution in [0.25, 0.3) is 76.5 Å². The first-order chi connectivity index (χ1) is 30.3. The van der Waals surface area contributed by atoms with Gasteiger partial charge >= 0.3 is 0 Å². The van der Waals surface area contributed by atoms with E-state index in [9.17, 15) is 8.22 Å².